The quantitative estimate of drug-likeness (QED) is 0.849. The van der Waals surface area contributed by atoms with Crippen molar-refractivity contribution in [3.63, 3.8) is 0 Å². The average molecular weight is 290 g/mol. The molecule has 0 amide bonds. The van der Waals surface area contributed by atoms with Crippen LogP contribution in [0.3, 0.4) is 0 Å². The second-order valence-electron chi connectivity index (χ2n) is 4.70. The fourth-order valence-electron chi connectivity index (χ4n) is 2.22. The second kappa shape index (κ2) is 7.32. The Kier molecular flexibility index (Phi) is 5.45. The van der Waals surface area contributed by atoms with Crippen molar-refractivity contribution >= 4 is 11.6 Å². The highest BCUT2D eigenvalue weighted by atomic mass is 35.5. The first kappa shape index (κ1) is 14.9. The Labute approximate surface area is 125 Å². The molecule has 1 atom stereocenters. The lowest BCUT2D eigenvalue weighted by atomic mass is 9.99. The van der Waals surface area contributed by atoms with Crippen LogP contribution < -0.4 is 10.1 Å². The highest BCUT2D eigenvalue weighted by molar-refractivity contribution is 6.30. The molecule has 2 aromatic carbocycles. The summed E-state index contributed by atoms with van der Waals surface area (Å²) in [6.45, 7) is 2.84. The summed E-state index contributed by atoms with van der Waals surface area (Å²) in [6, 6.07) is 16.2. The van der Waals surface area contributed by atoms with E-state index in [2.05, 4.69) is 30.4 Å². The summed E-state index contributed by atoms with van der Waals surface area (Å²) in [4.78, 5) is 0. The third-order valence-corrected chi connectivity index (χ3v) is 3.37. The second-order valence-corrected chi connectivity index (χ2v) is 5.13. The molecule has 3 heteroatoms. The van der Waals surface area contributed by atoms with Gasteiger partial charge in [0.05, 0.1) is 12.6 Å². The van der Waals surface area contributed by atoms with Gasteiger partial charge in [-0.15, -0.1) is 0 Å². The highest BCUT2D eigenvalue weighted by Crippen LogP contribution is 2.26. The molecule has 0 saturated heterocycles. The molecule has 0 heterocycles. The molecule has 0 aliphatic rings. The van der Waals surface area contributed by atoms with Gasteiger partial charge < -0.3 is 10.1 Å². The smallest absolute Gasteiger partial charge is 0.119 e. The number of hydrogen-bond acceptors (Lipinski definition) is 2. The molecule has 1 unspecified atom stereocenters. The topological polar surface area (TPSA) is 21.3 Å². The molecule has 106 valence electrons. The Balaban J connectivity index is 2.27. The van der Waals surface area contributed by atoms with Crippen molar-refractivity contribution < 1.29 is 4.74 Å². The first-order chi connectivity index (χ1) is 9.74. The minimum atomic E-state index is 0.110. The van der Waals surface area contributed by atoms with Crippen molar-refractivity contribution in [2.75, 3.05) is 13.7 Å². The summed E-state index contributed by atoms with van der Waals surface area (Å²) in [6.07, 6.45) is 1.01. The van der Waals surface area contributed by atoms with Crippen molar-refractivity contribution in [2.24, 2.45) is 0 Å². The molecule has 0 aliphatic heterocycles. The van der Waals surface area contributed by atoms with Gasteiger partial charge in [0.1, 0.15) is 5.75 Å². The molecule has 20 heavy (non-hydrogen) atoms. The van der Waals surface area contributed by atoms with Crippen LogP contribution in [0.15, 0.2) is 48.5 Å². The van der Waals surface area contributed by atoms with Gasteiger partial charge in [0.2, 0.25) is 0 Å². The van der Waals surface area contributed by atoms with E-state index in [0.29, 0.717) is 0 Å². The molecule has 2 rings (SSSR count). The summed E-state index contributed by atoms with van der Waals surface area (Å²) >= 11 is 6.08. The third kappa shape index (κ3) is 3.75. The Morgan fingerprint density at radius 2 is 1.80 bits per heavy atom. The summed E-state index contributed by atoms with van der Waals surface area (Å²) < 4.78 is 5.70. The van der Waals surface area contributed by atoms with Gasteiger partial charge in [0.25, 0.3) is 0 Å². The van der Waals surface area contributed by atoms with Crippen LogP contribution >= 0.6 is 11.6 Å². The Morgan fingerprint density at radius 3 is 2.45 bits per heavy atom. The maximum atomic E-state index is 6.08. The molecule has 0 saturated carbocycles. The van der Waals surface area contributed by atoms with E-state index in [4.69, 9.17) is 16.3 Å². The van der Waals surface area contributed by atoms with E-state index in [1.165, 1.54) is 5.56 Å². The van der Waals surface area contributed by atoms with E-state index in [1.807, 2.05) is 37.4 Å². The van der Waals surface area contributed by atoms with E-state index < -0.39 is 0 Å². The summed E-state index contributed by atoms with van der Waals surface area (Å²) in [7, 11) is 1.95. The van der Waals surface area contributed by atoms with Crippen molar-refractivity contribution in [1.29, 1.82) is 0 Å². The fraction of sp³-hybridized carbons (Fsp3) is 0.294. The maximum Gasteiger partial charge on any atom is 0.119 e. The summed E-state index contributed by atoms with van der Waals surface area (Å²) in [5, 5.41) is 4.08. The van der Waals surface area contributed by atoms with Crippen molar-refractivity contribution in [2.45, 2.75) is 19.4 Å². The van der Waals surface area contributed by atoms with Crippen LogP contribution in [0.5, 0.6) is 5.75 Å². The lowest BCUT2D eigenvalue weighted by molar-refractivity contribution is 0.317. The molecule has 0 aromatic heterocycles. The number of halogens is 1. The predicted octanol–water partition coefficient (Wildman–Crippen LogP) is 4.44. The van der Waals surface area contributed by atoms with E-state index in [0.717, 1.165) is 29.4 Å². The van der Waals surface area contributed by atoms with Gasteiger partial charge in [-0.2, -0.15) is 0 Å². The van der Waals surface area contributed by atoms with Crippen molar-refractivity contribution in [1.82, 2.24) is 5.32 Å². The van der Waals surface area contributed by atoms with E-state index in [9.17, 15) is 0 Å². The van der Waals surface area contributed by atoms with E-state index >= 15 is 0 Å². The molecule has 0 spiro atoms. The van der Waals surface area contributed by atoms with Crippen LogP contribution in [0.2, 0.25) is 5.02 Å². The highest BCUT2D eigenvalue weighted by Gasteiger charge is 2.12. The number of ether oxygens (including phenoxy) is 1. The van der Waals surface area contributed by atoms with Crippen LogP contribution in [-0.4, -0.2) is 13.7 Å². The van der Waals surface area contributed by atoms with Gasteiger partial charge in [-0.1, -0.05) is 42.8 Å². The zero-order valence-electron chi connectivity index (χ0n) is 11.9. The van der Waals surface area contributed by atoms with Gasteiger partial charge in [-0.05, 0) is 48.9 Å². The molecular formula is C17H20ClNO. The number of benzene rings is 2. The summed E-state index contributed by atoms with van der Waals surface area (Å²) in [5.41, 5.74) is 2.32. The van der Waals surface area contributed by atoms with E-state index in [-0.39, 0.29) is 6.04 Å². The standard InChI is InChI=1S/C17H20ClNO/c1-3-10-20-16-9-5-7-14(12-16)17(19-2)13-6-4-8-15(18)11-13/h4-9,11-12,17,19H,3,10H2,1-2H3. The fourth-order valence-corrected chi connectivity index (χ4v) is 2.41. The molecule has 2 aromatic rings. The van der Waals surface area contributed by atoms with Crippen molar-refractivity contribution in [3.8, 4) is 5.75 Å². The zero-order chi connectivity index (χ0) is 14.4. The number of nitrogens with one attached hydrogen (secondary N) is 1. The molecule has 1 N–H and O–H groups in total. The molecular weight excluding hydrogens is 270 g/mol. The molecule has 2 nitrogen and oxygen atoms in total. The minimum absolute atomic E-state index is 0.110. The van der Waals surface area contributed by atoms with Crippen molar-refractivity contribution in [3.05, 3.63) is 64.7 Å². The minimum Gasteiger partial charge on any atom is -0.494 e. The van der Waals surface area contributed by atoms with Gasteiger partial charge in [-0.3, -0.25) is 0 Å². The molecule has 0 fully saturated rings. The Hall–Kier alpha value is -1.51. The SMILES string of the molecule is CCCOc1cccc(C(NC)c2cccc(Cl)c2)c1. The Bertz CT molecular complexity index is 556. The van der Waals surface area contributed by atoms with Crippen LogP contribution in [0.25, 0.3) is 0 Å². The largest absolute Gasteiger partial charge is 0.494 e. The lowest BCUT2D eigenvalue weighted by Gasteiger charge is -2.18. The van der Waals surface area contributed by atoms with Crippen LogP contribution in [0.4, 0.5) is 0 Å². The van der Waals surface area contributed by atoms with Gasteiger partial charge in [0.15, 0.2) is 0 Å². The zero-order valence-corrected chi connectivity index (χ0v) is 12.7. The van der Waals surface area contributed by atoms with E-state index in [1.54, 1.807) is 0 Å². The monoisotopic (exact) mass is 289 g/mol. The van der Waals surface area contributed by atoms with Gasteiger partial charge in [-0.25, -0.2) is 0 Å². The molecule has 0 aliphatic carbocycles. The molecule has 0 radical (unpaired) electrons. The van der Waals surface area contributed by atoms with Crippen LogP contribution in [0.1, 0.15) is 30.5 Å². The lowest BCUT2D eigenvalue weighted by Crippen LogP contribution is -2.17. The molecule has 0 bridgehead atoms. The normalized spacial score (nSPS) is 12.2. The van der Waals surface area contributed by atoms with Crippen LogP contribution in [0, 0.1) is 0 Å². The number of rotatable bonds is 6. The third-order valence-electron chi connectivity index (χ3n) is 3.13. The summed E-state index contributed by atoms with van der Waals surface area (Å²) in [5.74, 6) is 0.909. The first-order valence-electron chi connectivity index (χ1n) is 6.90. The predicted molar refractivity (Wildman–Crippen MR) is 84.6 cm³/mol. The van der Waals surface area contributed by atoms with Gasteiger partial charge >= 0.3 is 0 Å². The average Bonchev–Trinajstić information content (AvgIpc) is 2.46. The number of hydrogen-bond donors (Lipinski definition) is 1. The Morgan fingerprint density at radius 1 is 1.10 bits per heavy atom. The maximum absolute atomic E-state index is 6.08. The van der Waals surface area contributed by atoms with Gasteiger partial charge in [0, 0.05) is 5.02 Å². The first-order valence-corrected chi connectivity index (χ1v) is 7.28. The van der Waals surface area contributed by atoms with Crippen LogP contribution in [-0.2, 0) is 0 Å².